The molecular formula is C11H17ClN4O2. The number of nitrogens with one attached hydrogen (secondary N) is 1. The fourth-order valence-electron chi connectivity index (χ4n) is 2.17. The zero-order valence-corrected chi connectivity index (χ0v) is 11.0. The van der Waals surface area contributed by atoms with E-state index in [0.717, 1.165) is 25.9 Å². The molecule has 1 aliphatic heterocycles. The maximum absolute atomic E-state index is 10.9. The van der Waals surface area contributed by atoms with Gasteiger partial charge in [-0.1, -0.05) is 0 Å². The molecule has 1 fully saturated rings. The number of hydrogen-bond donors (Lipinski definition) is 1. The molecule has 100 valence electrons. The van der Waals surface area contributed by atoms with Crippen molar-refractivity contribution in [2.75, 3.05) is 25.0 Å². The van der Waals surface area contributed by atoms with Crippen LogP contribution in [-0.4, -0.2) is 36.1 Å². The van der Waals surface area contributed by atoms with Crippen LogP contribution in [0.3, 0.4) is 0 Å². The van der Waals surface area contributed by atoms with Crippen LogP contribution in [0.4, 0.5) is 11.5 Å². The molecule has 1 aromatic heterocycles. The van der Waals surface area contributed by atoms with Crippen molar-refractivity contribution < 1.29 is 4.92 Å². The quantitative estimate of drug-likeness (QED) is 0.668. The minimum absolute atomic E-state index is 0. The van der Waals surface area contributed by atoms with E-state index in [0.29, 0.717) is 11.9 Å². The molecule has 1 N–H and O–H groups in total. The Bertz CT molecular complexity index is 410. The number of rotatable bonds is 3. The molecular weight excluding hydrogens is 256 g/mol. The number of hydrogen-bond acceptors (Lipinski definition) is 5. The first-order valence-corrected chi connectivity index (χ1v) is 5.73. The SMILES string of the molecule is CN(c1ncccc1[N+](=O)[O-])C1CCNCC1.Cl. The van der Waals surface area contributed by atoms with Gasteiger partial charge in [-0.2, -0.15) is 0 Å². The number of anilines is 1. The Balaban J connectivity index is 0.00000162. The molecule has 1 aliphatic rings. The lowest BCUT2D eigenvalue weighted by atomic mass is 10.1. The predicted octanol–water partition coefficient (Wildman–Crippen LogP) is 1.60. The van der Waals surface area contributed by atoms with Crippen molar-refractivity contribution in [3.63, 3.8) is 0 Å². The molecule has 0 unspecified atom stereocenters. The average Bonchev–Trinajstić information content (AvgIpc) is 2.39. The van der Waals surface area contributed by atoms with Gasteiger partial charge in [-0.25, -0.2) is 4.98 Å². The van der Waals surface area contributed by atoms with E-state index >= 15 is 0 Å². The molecule has 6 nitrogen and oxygen atoms in total. The third-order valence-corrected chi connectivity index (χ3v) is 3.15. The Labute approximate surface area is 112 Å². The third kappa shape index (κ3) is 3.08. The maximum Gasteiger partial charge on any atom is 0.311 e. The zero-order chi connectivity index (χ0) is 12.3. The van der Waals surface area contributed by atoms with Crippen LogP contribution in [0.1, 0.15) is 12.8 Å². The van der Waals surface area contributed by atoms with Gasteiger partial charge in [-0.15, -0.1) is 12.4 Å². The van der Waals surface area contributed by atoms with E-state index in [4.69, 9.17) is 0 Å². The molecule has 0 bridgehead atoms. The van der Waals surface area contributed by atoms with Crippen LogP contribution >= 0.6 is 12.4 Å². The largest absolute Gasteiger partial charge is 0.351 e. The van der Waals surface area contributed by atoms with Gasteiger partial charge in [-0.05, 0) is 32.0 Å². The van der Waals surface area contributed by atoms with Crippen LogP contribution in [0.2, 0.25) is 0 Å². The average molecular weight is 273 g/mol. The standard InChI is InChI=1S/C11H16N4O2.ClH/c1-14(9-4-7-12-8-5-9)11-10(15(16)17)3-2-6-13-11;/h2-3,6,9,12H,4-5,7-8H2,1H3;1H. The lowest BCUT2D eigenvalue weighted by Gasteiger charge is -2.31. The van der Waals surface area contributed by atoms with Crippen LogP contribution in [0.25, 0.3) is 0 Å². The molecule has 0 aliphatic carbocycles. The van der Waals surface area contributed by atoms with Gasteiger partial charge in [0.2, 0.25) is 5.82 Å². The smallest absolute Gasteiger partial charge is 0.311 e. The fraction of sp³-hybridized carbons (Fsp3) is 0.545. The molecule has 0 saturated carbocycles. The minimum atomic E-state index is -0.375. The summed E-state index contributed by atoms with van der Waals surface area (Å²) in [7, 11) is 1.88. The van der Waals surface area contributed by atoms with E-state index in [1.807, 2.05) is 11.9 Å². The van der Waals surface area contributed by atoms with E-state index < -0.39 is 0 Å². The van der Waals surface area contributed by atoms with Crippen LogP contribution < -0.4 is 10.2 Å². The highest BCUT2D eigenvalue weighted by atomic mass is 35.5. The first kappa shape index (κ1) is 14.7. The second kappa shape index (κ2) is 6.51. The maximum atomic E-state index is 10.9. The molecule has 1 aromatic rings. The van der Waals surface area contributed by atoms with Gasteiger partial charge in [0.05, 0.1) is 4.92 Å². The van der Waals surface area contributed by atoms with Crippen molar-refractivity contribution in [1.29, 1.82) is 0 Å². The predicted molar refractivity (Wildman–Crippen MR) is 72.4 cm³/mol. The van der Waals surface area contributed by atoms with E-state index in [1.165, 1.54) is 6.07 Å². The monoisotopic (exact) mass is 272 g/mol. The van der Waals surface area contributed by atoms with Gasteiger partial charge >= 0.3 is 5.69 Å². The molecule has 1 saturated heterocycles. The number of halogens is 1. The van der Waals surface area contributed by atoms with Crippen LogP contribution in [0.15, 0.2) is 18.3 Å². The summed E-state index contributed by atoms with van der Waals surface area (Å²) in [5.41, 5.74) is 0.0773. The molecule has 0 spiro atoms. The van der Waals surface area contributed by atoms with Crippen molar-refractivity contribution in [3.05, 3.63) is 28.4 Å². The van der Waals surface area contributed by atoms with Crippen LogP contribution in [0, 0.1) is 10.1 Å². The number of nitro groups is 1. The Kier molecular flexibility index (Phi) is 5.30. The zero-order valence-electron chi connectivity index (χ0n) is 10.2. The van der Waals surface area contributed by atoms with Gasteiger partial charge < -0.3 is 10.2 Å². The normalized spacial score (nSPS) is 15.8. The fourth-order valence-corrected chi connectivity index (χ4v) is 2.17. The Morgan fingerprint density at radius 2 is 2.17 bits per heavy atom. The van der Waals surface area contributed by atoms with Crippen molar-refractivity contribution in [2.45, 2.75) is 18.9 Å². The lowest BCUT2D eigenvalue weighted by molar-refractivity contribution is -0.384. The van der Waals surface area contributed by atoms with Crippen LogP contribution in [-0.2, 0) is 0 Å². The van der Waals surface area contributed by atoms with Gasteiger partial charge in [0.15, 0.2) is 0 Å². The topological polar surface area (TPSA) is 71.3 Å². The third-order valence-electron chi connectivity index (χ3n) is 3.15. The highest BCUT2D eigenvalue weighted by Gasteiger charge is 2.24. The second-order valence-corrected chi connectivity index (χ2v) is 4.20. The van der Waals surface area contributed by atoms with E-state index in [-0.39, 0.29) is 23.0 Å². The summed E-state index contributed by atoms with van der Waals surface area (Å²) < 4.78 is 0. The molecule has 18 heavy (non-hydrogen) atoms. The number of aromatic nitrogens is 1. The summed E-state index contributed by atoms with van der Waals surface area (Å²) in [4.78, 5) is 16.6. The molecule has 2 heterocycles. The van der Waals surface area contributed by atoms with Crippen molar-refractivity contribution in [1.82, 2.24) is 10.3 Å². The van der Waals surface area contributed by atoms with E-state index in [2.05, 4.69) is 10.3 Å². The van der Waals surface area contributed by atoms with Crippen molar-refractivity contribution in [3.8, 4) is 0 Å². The van der Waals surface area contributed by atoms with Crippen LogP contribution in [0.5, 0.6) is 0 Å². The summed E-state index contributed by atoms with van der Waals surface area (Å²) in [6.45, 7) is 1.91. The Morgan fingerprint density at radius 1 is 1.50 bits per heavy atom. The molecule has 0 atom stereocenters. The highest BCUT2D eigenvalue weighted by molar-refractivity contribution is 5.85. The first-order valence-electron chi connectivity index (χ1n) is 5.73. The van der Waals surface area contributed by atoms with Gasteiger partial charge in [0.25, 0.3) is 0 Å². The van der Waals surface area contributed by atoms with Crippen molar-refractivity contribution in [2.24, 2.45) is 0 Å². The number of pyridine rings is 1. The summed E-state index contributed by atoms with van der Waals surface area (Å²) >= 11 is 0. The molecule has 0 aromatic carbocycles. The Morgan fingerprint density at radius 3 is 2.78 bits per heavy atom. The molecule has 7 heteroatoms. The number of nitrogens with zero attached hydrogens (tertiary/aromatic N) is 3. The van der Waals surface area contributed by atoms with Gasteiger partial charge in [0, 0.05) is 25.4 Å². The number of piperidine rings is 1. The Hall–Kier alpha value is -1.40. The molecule has 0 radical (unpaired) electrons. The van der Waals surface area contributed by atoms with Gasteiger partial charge in [0.1, 0.15) is 0 Å². The summed E-state index contributed by atoms with van der Waals surface area (Å²) in [6, 6.07) is 3.42. The van der Waals surface area contributed by atoms with Crippen molar-refractivity contribution >= 4 is 23.9 Å². The second-order valence-electron chi connectivity index (χ2n) is 4.20. The highest BCUT2D eigenvalue weighted by Crippen LogP contribution is 2.27. The van der Waals surface area contributed by atoms with E-state index in [9.17, 15) is 10.1 Å². The lowest BCUT2D eigenvalue weighted by Crippen LogP contribution is -2.41. The molecule has 2 rings (SSSR count). The summed E-state index contributed by atoms with van der Waals surface area (Å²) in [6.07, 6.45) is 3.58. The summed E-state index contributed by atoms with van der Waals surface area (Å²) in [5, 5.41) is 14.2. The first-order chi connectivity index (χ1) is 8.20. The minimum Gasteiger partial charge on any atom is -0.351 e. The van der Waals surface area contributed by atoms with E-state index in [1.54, 1.807) is 12.3 Å². The van der Waals surface area contributed by atoms with Gasteiger partial charge in [-0.3, -0.25) is 10.1 Å². The molecule has 0 amide bonds. The summed E-state index contributed by atoms with van der Waals surface area (Å²) in [5.74, 6) is 0.462.